The number of rotatable bonds is 3. The predicted molar refractivity (Wildman–Crippen MR) is 99.4 cm³/mol. The third-order valence-electron chi connectivity index (χ3n) is 4.30. The number of hydrogen-bond acceptors (Lipinski definition) is 1. The van der Waals surface area contributed by atoms with Gasteiger partial charge in [-0.3, -0.25) is 5.41 Å². The number of anilines is 2. The predicted octanol–water partition coefficient (Wildman–Crippen LogP) is 5.30. The van der Waals surface area contributed by atoms with Crippen LogP contribution in [-0.2, 0) is 6.42 Å². The van der Waals surface area contributed by atoms with Crippen molar-refractivity contribution in [3.8, 4) is 0 Å². The van der Waals surface area contributed by atoms with Gasteiger partial charge in [-0.25, -0.2) is 13.2 Å². The summed E-state index contributed by atoms with van der Waals surface area (Å²) in [6.07, 6.45) is 0.838. The van der Waals surface area contributed by atoms with Gasteiger partial charge < -0.3 is 10.2 Å². The summed E-state index contributed by atoms with van der Waals surface area (Å²) in [6, 6.07) is 12.1. The monoisotopic (exact) mass is 357 g/mol. The zero-order chi connectivity index (χ0) is 18.8. The van der Waals surface area contributed by atoms with E-state index in [2.05, 4.69) is 5.32 Å². The number of aryl methyl sites for hydroxylation is 1. The number of hydrogen-bond donors (Lipinski definition) is 2. The van der Waals surface area contributed by atoms with Gasteiger partial charge in [0.05, 0.1) is 5.69 Å². The molecule has 0 heterocycles. The van der Waals surface area contributed by atoms with Crippen molar-refractivity contribution in [2.75, 3.05) is 17.3 Å². The minimum absolute atomic E-state index is 0.0441. The molecule has 3 aromatic carbocycles. The first kappa shape index (κ1) is 17.8. The van der Waals surface area contributed by atoms with Crippen LogP contribution in [0.5, 0.6) is 0 Å². The van der Waals surface area contributed by atoms with E-state index in [-0.39, 0.29) is 22.4 Å². The van der Waals surface area contributed by atoms with Crippen LogP contribution in [0.2, 0.25) is 0 Å². The molecule has 3 rings (SSSR count). The lowest BCUT2D eigenvalue weighted by Crippen LogP contribution is -2.32. The molecule has 0 aliphatic rings. The number of nitrogens with zero attached hydrogens (tertiary/aromatic N) is 1. The van der Waals surface area contributed by atoms with E-state index >= 15 is 0 Å². The second kappa shape index (κ2) is 7.07. The number of nitrogens with one attached hydrogen (secondary N) is 2. The Morgan fingerprint density at radius 1 is 1.00 bits per heavy atom. The van der Waals surface area contributed by atoms with E-state index in [1.54, 1.807) is 7.05 Å². The fourth-order valence-corrected chi connectivity index (χ4v) is 2.80. The van der Waals surface area contributed by atoms with Gasteiger partial charge in [0, 0.05) is 29.6 Å². The average molecular weight is 357 g/mol. The largest absolute Gasteiger partial charge is 0.323 e. The molecular weight excluding hydrogens is 339 g/mol. The number of halogens is 3. The second-order valence-electron chi connectivity index (χ2n) is 5.93. The van der Waals surface area contributed by atoms with E-state index < -0.39 is 17.5 Å². The Balaban J connectivity index is 1.99. The Kier molecular flexibility index (Phi) is 4.84. The summed E-state index contributed by atoms with van der Waals surface area (Å²) in [5, 5.41) is 10.5. The fraction of sp³-hybridized carbons (Fsp3) is 0.150. The summed E-state index contributed by atoms with van der Waals surface area (Å²) in [6.45, 7) is 2.02. The first-order valence-corrected chi connectivity index (χ1v) is 8.16. The van der Waals surface area contributed by atoms with Gasteiger partial charge >= 0.3 is 0 Å². The van der Waals surface area contributed by atoms with Crippen molar-refractivity contribution in [3.05, 3.63) is 71.5 Å². The molecule has 0 aliphatic carbocycles. The van der Waals surface area contributed by atoms with Crippen LogP contribution in [0.1, 0.15) is 12.5 Å². The molecule has 0 spiro atoms. The highest BCUT2D eigenvalue weighted by Gasteiger charge is 2.18. The molecule has 0 bridgehead atoms. The highest BCUT2D eigenvalue weighted by molar-refractivity contribution is 6.08. The van der Waals surface area contributed by atoms with E-state index in [0.717, 1.165) is 23.7 Å². The summed E-state index contributed by atoms with van der Waals surface area (Å²) < 4.78 is 42.5. The maximum atomic E-state index is 14.3. The molecule has 0 aromatic heterocycles. The topological polar surface area (TPSA) is 39.1 Å². The quantitative estimate of drug-likeness (QED) is 0.493. The van der Waals surface area contributed by atoms with Gasteiger partial charge in [-0.15, -0.1) is 0 Å². The van der Waals surface area contributed by atoms with Crippen LogP contribution in [0.3, 0.4) is 0 Å². The minimum atomic E-state index is -0.958. The molecule has 3 aromatic rings. The van der Waals surface area contributed by atoms with Crippen molar-refractivity contribution in [3.63, 3.8) is 0 Å². The molecule has 0 radical (unpaired) electrons. The van der Waals surface area contributed by atoms with Gasteiger partial charge in [0.15, 0.2) is 5.96 Å². The van der Waals surface area contributed by atoms with Gasteiger partial charge in [-0.1, -0.05) is 31.2 Å². The van der Waals surface area contributed by atoms with Crippen LogP contribution in [0.4, 0.5) is 24.5 Å². The van der Waals surface area contributed by atoms with E-state index in [1.165, 1.54) is 17.0 Å². The standard InChI is InChI=1S/C20H18F3N3/c1-3-12-6-4-7-13(10-12)26(2)20(24)25-19-17(23)11-16(22)14-8-5-9-15(21)18(14)19/h4-11H,3H2,1-2H3,(H2,24,25). The van der Waals surface area contributed by atoms with Gasteiger partial charge in [0.2, 0.25) is 0 Å². The Labute approximate surface area is 149 Å². The molecule has 0 aliphatic heterocycles. The van der Waals surface area contributed by atoms with Crippen LogP contribution in [0.15, 0.2) is 48.5 Å². The highest BCUT2D eigenvalue weighted by atomic mass is 19.1. The molecule has 26 heavy (non-hydrogen) atoms. The van der Waals surface area contributed by atoms with Crippen LogP contribution < -0.4 is 10.2 Å². The van der Waals surface area contributed by atoms with E-state index in [0.29, 0.717) is 6.07 Å². The maximum absolute atomic E-state index is 14.3. The zero-order valence-electron chi connectivity index (χ0n) is 14.4. The molecular formula is C20H18F3N3. The minimum Gasteiger partial charge on any atom is -0.323 e. The fourth-order valence-electron chi connectivity index (χ4n) is 2.80. The lowest BCUT2D eigenvalue weighted by molar-refractivity contribution is 0.590. The summed E-state index contributed by atoms with van der Waals surface area (Å²) in [5.74, 6) is -2.72. The second-order valence-corrected chi connectivity index (χ2v) is 5.93. The van der Waals surface area contributed by atoms with Crippen molar-refractivity contribution in [2.24, 2.45) is 0 Å². The Hall–Kier alpha value is -3.02. The average Bonchev–Trinajstić information content (AvgIpc) is 2.64. The Morgan fingerprint density at radius 2 is 1.73 bits per heavy atom. The summed E-state index contributed by atoms with van der Waals surface area (Å²) in [4.78, 5) is 1.51. The van der Waals surface area contributed by atoms with Crippen molar-refractivity contribution >= 4 is 28.1 Å². The number of guanidine groups is 1. The van der Waals surface area contributed by atoms with Crippen LogP contribution in [-0.4, -0.2) is 13.0 Å². The number of benzene rings is 3. The normalized spacial score (nSPS) is 10.8. The molecule has 0 atom stereocenters. The van der Waals surface area contributed by atoms with E-state index in [4.69, 9.17) is 5.41 Å². The zero-order valence-corrected chi connectivity index (χ0v) is 14.4. The lowest BCUT2D eigenvalue weighted by Gasteiger charge is -2.22. The molecule has 6 heteroatoms. The third kappa shape index (κ3) is 3.22. The van der Waals surface area contributed by atoms with E-state index in [9.17, 15) is 13.2 Å². The van der Waals surface area contributed by atoms with Crippen molar-refractivity contribution < 1.29 is 13.2 Å². The van der Waals surface area contributed by atoms with E-state index in [1.807, 2.05) is 31.2 Å². The van der Waals surface area contributed by atoms with Gasteiger partial charge in [0.1, 0.15) is 17.5 Å². The summed E-state index contributed by atoms with van der Waals surface area (Å²) in [5.41, 5.74) is 1.56. The van der Waals surface area contributed by atoms with Crippen molar-refractivity contribution in [1.82, 2.24) is 0 Å². The van der Waals surface area contributed by atoms with Crippen LogP contribution in [0, 0.1) is 22.9 Å². The highest BCUT2D eigenvalue weighted by Crippen LogP contribution is 2.31. The Morgan fingerprint density at radius 3 is 2.46 bits per heavy atom. The first-order valence-electron chi connectivity index (χ1n) is 8.16. The van der Waals surface area contributed by atoms with Gasteiger partial charge in [0.25, 0.3) is 0 Å². The summed E-state index contributed by atoms with van der Waals surface area (Å²) in [7, 11) is 1.64. The van der Waals surface area contributed by atoms with Crippen LogP contribution >= 0.6 is 0 Å². The Bertz CT molecular complexity index is 985. The lowest BCUT2D eigenvalue weighted by atomic mass is 10.1. The molecule has 0 unspecified atom stereocenters. The summed E-state index contributed by atoms with van der Waals surface area (Å²) >= 11 is 0. The molecule has 134 valence electrons. The molecule has 0 fully saturated rings. The number of fused-ring (bicyclic) bond motifs is 1. The molecule has 0 saturated carbocycles. The van der Waals surface area contributed by atoms with Crippen molar-refractivity contribution in [2.45, 2.75) is 13.3 Å². The molecule has 2 N–H and O–H groups in total. The third-order valence-corrected chi connectivity index (χ3v) is 4.30. The SMILES string of the molecule is CCc1cccc(N(C)C(=N)Nc2c(F)cc(F)c3cccc(F)c23)c1. The van der Waals surface area contributed by atoms with Gasteiger partial charge in [-0.2, -0.15) is 0 Å². The van der Waals surface area contributed by atoms with Crippen molar-refractivity contribution in [1.29, 1.82) is 5.41 Å². The van der Waals surface area contributed by atoms with Crippen LogP contribution in [0.25, 0.3) is 10.8 Å². The first-order chi connectivity index (χ1) is 12.4. The van der Waals surface area contributed by atoms with Gasteiger partial charge in [-0.05, 0) is 30.2 Å². The molecule has 0 saturated heterocycles. The maximum Gasteiger partial charge on any atom is 0.199 e. The molecule has 0 amide bonds. The molecule has 3 nitrogen and oxygen atoms in total. The smallest absolute Gasteiger partial charge is 0.199 e.